The van der Waals surface area contributed by atoms with Gasteiger partial charge in [0.15, 0.2) is 0 Å². The van der Waals surface area contributed by atoms with Gasteiger partial charge in [-0.05, 0) is 44.2 Å². The zero-order valence-corrected chi connectivity index (χ0v) is 17.3. The summed E-state index contributed by atoms with van der Waals surface area (Å²) in [6.07, 6.45) is 6.46. The van der Waals surface area contributed by atoms with Crippen LogP contribution < -0.4 is 5.32 Å². The second-order valence-electron chi connectivity index (χ2n) is 7.43. The fourth-order valence-electron chi connectivity index (χ4n) is 4.01. The van der Waals surface area contributed by atoms with Crippen LogP contribution in [0.3, 0.4) is 0 Å². The van der Waals surface area contributed by atoms with Crippen LogP contribution >= 0.6 is 11.3 Å². The number of ether oxygens (including phenoxy) is 1. The monoisotopic (exact) mass is 393 g/mol. The molecule has 0 radical (unpaired) electrons. The van der Waals surface area contributed by atoms with Gasteiger partial charge in [0.1, 0.15) is 5.00 Å². The molecule has 0 unspecified atom stereocenters. The molecule has 1 saturated heterocycles. The number of fused-ring (bicyclic) bond motifs is 1. The van der Waals surface area contributed by atoms with Gasteiger partial charge in [0.25, 0.3) is 0 Å². The van der Waals surface area contributed by atoms with Crippen molar-refractivity contribution in [3.63, 3.8) is 0 Å². The molecule has 2 heterocycles. The number of carbonyl (C=O) groups excluding carboxylic acids is 2. The molecule has 1 aliphatic carbocycles. The van der Waals surface area contributed by atoms with Crippen molar-refractivity contribution in [1.82, 2.24) is 9.80 Å². The lowest BCUT2D eigenvalue weighted by molar-refractivity contribution is -0.117. The Balaban J connectivity index is 1.64. The lowest BCUT2D eigenvalue weighted by Crippen LogP contribution is -2.48. The summed E-state index contributed by atoms with van der Waals surface area (Å²) in [5.74, 6) is -0.376. The summed E-state index contributed by atoms with van der Waals surface area (Å²) >= 11 is 1.56. The largest absolute Gasteiger partial charge is 0.465 e. The maximum Gasteiger partial charge on any atom is 0.341 e. The number of hydrogen-bond donors (Lipinski definition) is 1. The van der Waals surface area contributed by atoms with E-state index in [1.807, 2.05) is 0 Å². The molecule has 2 aliphatic rings. The highest BCUT2D eigenvalue weighted by atomic mass is 32.1. The number of amides is 1. The molecule has 1 N–H and O–H groups in total. The number of anilines is 1. The third kappa shape index (κ3) is 5.09. The minimum absolute atomic E-state index is 0.0412. The number of aryl methyl sites for hydroxylation is 1. The van der Waals surface area contributed by atoms with Crippen molar-refractivity contribution in [2.75, 3.05) is 51.7 Å². The van der Waals surface area contributed by atoms with Gasteiger partial charge in [-0.2, -0.15) is 0 Å². The highest BCUT2D eigenvalue weighted by Gasteiger charge is 2.27. The van der Waals surface area contributed by atoms with Crippen molar-refractivity contribution in [3.8, 4) is 0 Å². The van der Waals surface area contributed by atoms with E-state index in [-0.39, 0.29) is 11.9 Å². The number of methoxy groups -OCH3 is 1. The predicted octanol–water partition coefficient (Wildman–Crippen LogP) is 2.77. The molecule has 1 aromatic heterocycles. The normalized spacial score (nSPS) is 18.6. The molecular weight excluding hydrogens is 362 g/mol. The molecule has 27 heavy (non-hydrogen) atoms. The number of esters is 1. The second-order valence-corrected chi connectivity index (χ2v) is 8.53. The zero-order chi connectivity index (χ0) is 19.2. The quantitative estimate of drug-likeness (QED) is 0.595. The zero-order valence-electron chi connectivity index (χ0n) is 16.5. The van der Waals surface area contributed by atoms with Gasteiger partial charge in [-0.1, -0.05) is 13.3 Å². The van der Waals surface area contributed by atoms with E-state index in [1.54, 1.807) is 11.3 Å². The summed E-state index contributed by atoms with van der Waals surface area (Å²) in [4.78, 5) is 30.9. The first-order valence-corrected chi connectivity index (χ1v) is 10.9. The fraction of sp³-hybridized carbons (Fsp3) is 0.700. The van der Waals surface area contributed by atoms with Crippen LogP contribution in [0.4, 0.5) is 5.00 Å². The Morgan fingerprint density at radius 1 is 1.07 bits per heavy atom. The highest BCUT2D eigenvalue weighted by molar-refractivity contribution is 7.17. The number of thiophene rings is 1. The summed E-state index contributed by atoms with van der Waals surface area (Å²) in [6.45, 7) is 7.56. The molecular formula is C20H31N3O3S. The average Bonchev–Trinajstić information content (AvgIpc) is 2.83. The van der Waals surface area contributed by atoms with Gasteiger partial charge >= 0.3 is 5.97 Å². The van der Waals surface area contributed by atoms with Gasteiger partial charge in [-0.25, -0.2) is 4.79 Å². The Morgan fingerprint density at radius 3 is 2.48 bits per heavy atom. The first-order valence-electron chi connectivity index (χ1n) is 10.1. The maximum absolute atomic E-state index is 12.6. The van der Waals surface area contributed by atoms with Crippen LogP contribution in [0.2, 0.25) is 0 Å². The molecule has 6 nitrogen and oxygen atoms in total. The van der Waals surface area contributed by atoms with Gasteiger partial charge in [-0.3, -0.25) is 9.69 Å². The minimum atomic E-state index is -0.335. The van der Waals surface area contributed by atoms with Crippen LogP contribution in [0.1, 0.15) is 53.4 Å². The van der Waals surface area contributed by atoms with E-state index in [0.29, 0.717) is 17.1 Å². The number of piperazine rings is 1. The van der Waals surface area contributed by atoms with Gasteiger partial charge in [0.05, 0.1) is 19.2 Å². The molecule has 150 valence electrons. The summed E-state index contributed by atoms with van der Waals surface area (Å²) < 4.78 is 5.01. The molecule has 0 atom stereocenters. The summed E-state index contributed by atoms with van der Waals surface area (Å²) in [5, 5.41) is 3.68. The van der Waals surface area contributed by atoms with Gasteiger partial charge in [-0.15, -0.1) is 11.3 Å². The van der Waals surface area contributed by atoms with E-state index >= 15 is 0 Å². The number of hydrogen-bond acceptors (Lipinski definition) is 6. The summed E-state index contributed by atoms with van der Waals surface area (Å²) in [7, 11) is 1.41. The molecule has 1 amide bonds. The smallest absolute Gasteiger partial charge is 0.341 e. The molecule has 7 heteroatoms. The van der Waals surface area contributed by atoms with Crippen LogP contribution in [0.25, 0.3) is 0 Å². The first kappa shape index (κ1) is 20.3. The first-order chi connectivity index (χ1) is 13.1. The van der Waals surface area contributed by atoms with Crippen molar-refractivity contribution in [2.24, 2.45) is 0 Å². The third-order valence-electron chi connectivity index (χ3n) is 5.44. The molecule has 1 fully saturated rings. The van der Waals surface area contributed by atoms with E-state index in [1.165, 1.54) is 24.8 Å². The van der Waals surface area contributed by atoms with Crippen LogP contribution in [0.5, 0.6) is 0 Å². The Morgan fingerprint density at radius 2 is 1.78 bits per heavy atom. The Kier molecular flexibility index (Phi) is 7.26. The van der Waals surface area contributed by atoms with Crippen molar-refractivity contribution in [2.45, 2.75) is 45.4 Å². The second kappa shape index (κ2) is 9.66. The molecule has 1 aromatic rings. The number of nitrogens with zero attached hydrogens (tertiary/aromatic N) is 2. The van der Waals surface area contributed by atoms with Crippen LogP contribution in [0, 0.1) is 0 Å². The molecule has 0 saturated carbocycles. The average molecular weight is 394 g/mol. The van der Waals surface area contributed by atoms with Gasteiger partial charge < -0.3 is 15.0 Å². The van der Waals surface area contributed by atoms with Crippen LogP contribution in [0.15, 0.2) is 0 Å². The van der Waals surface area contributed by atoms with E-state index in [4.69, 9.17) is 4.74 Å². The summed E-state index contributed by atoms with van der Waals surface area (Å²) in [6, 6.07) is 0. The van der Waals surface area contributed by atoms with Crippen LogP contribution in [-0.4, -0.2) is 68.1 Å². The molecule has 0 aromatic carbocycles. The number of rotatable bonds is 6. The molecule has 0 bridgehead atoms. The lowest BCUT2D eigenvalue weighted by atomic mass is 10.1. The van der Waals surface area contributed by atoms with Crippen molar-refractivity contribution < 1.29 is 14.3 Å². The maximum atomic E-state index is 12.6. The van der Waals surface area contributed by atoms with Crippen molar-refractivity contribution in [1.29, 1.82) is 0 Å². The Bertz CT molecular complexity index is 666. The van der Waals surface area contributed by atoms with Crippen molar-refractivity contribution in [3.05, 3.63) is 16.0 Å². The third-order valence-corrected chi connectivity index (χ3v) is 6.64. The summed E-state index contributed by atoms with van der Waals surface area (Å²) in [5.41, 5.74) is 1.67. The molecule has 0 spiro atoms. The van der Waals surface area contributed by atoms with Gasteiger partial charge in [0, 0.05) is 31.1 Å². The lowest BCUT2D eigenvalue weighted by Gasteiger charge is -2.34. The highest BCUT2D eigenvalue weighted by Crippen LogP contribution is 2.37. The number of carbonyl (C=O) groups is 2. The standard InChI is InChI=1S/C20H31N3O3S/c1-3-9-22-10-12-23(13-11-22)14-17(24)21-19-18(20(25)26-2)15-7-5-4-6-8-16(15)27-19/h3-14H2,1-2H3,(H,21,24). The predicted molar refractivity (Wildman–Crippen MR) is 109 cm³/mol. The van der Waals surface area contributed by atoms with E-state index in [9.17, 15) is 9.59 Å². The van der Waals surface area contributed by atoms with E-state index < -0.39 is 0 Å². The Labute approximate surface area is 165 Å². The minimum Gasteiger partial charge on any atom is -0.465 e. The molecule has 3 rings (SSSR count). The van der Waals surface area contributed by atoms with Crippen LogP contribution in [-0.2, 0) is 22.4 Å². The fourth-order valence-corrected chi connectivity index (χ4v) is 5.30. The van der Waals surface area contributed by atoms with Gasteiger partial charge in [0.2, 0.25) is 5.91 Å². The Hall–Kier alpha value is -1.44. The topological polar surface area (TPSA) is 61.9 Å². The number of nitrogens with one attached hydrogen (secondary N) is 1. The van der Waals surface area contributed by atoms with E-state index in [2.05, 4.69) is 22.0 Å². The SMILES string of the molecule is CCCN1CCN(CC(=O)Nc2sc3c(c2C(=O)OC)CCCCC3)CC1. The van der Waals surface area contributed by atoms with Crippen molar-refractivity contribution >= 4 is 28.2 Å². The molecule has 1 aliphatic heterocycles. The van der Waals surface area contributed by atoms with E-state index in [0.717, 1.165) is 64.0 Å².